The molecule has 208 valence electrons. The van der Waals surface area contributed by atoms with Crippen LogP contribution in [0, 0.1) is 17.2 Å². The van der Waals surface area contributed by atoms with Crippen molar-refractivity contribution in [3.05, 3.63) is 63.5 Å². The number of pyridine rings is 1. The average molecular weight is 607 g/mol. The van der Waals surface area contributed by atoms with Crippen LogP contribution in [0.5, 0.6) is 0 Å². The summed E-state index contributed by atoms with van der Waals surface area (Å²) < 4.78 is 68.4. The number of hydrogen-bond donors (Lipinski definition) is 2. The summed E-state index contributed by atoms with van der Waals surface area (Å²) in [5.74, 6) is 0.0982. The number of rotatable bonds is 9. The maximum absolute atomic E-state index is 13.5. The average Bonchev–Trinajstić information content (AvgIpc) is 3.78. The van der Waals surface area contributed by atoms with Crippen LogP contribution in [0.15, 0.2) is 41.6 Å². The van der Waals surface area contributed by atoms with Crippen LogP contribution in [-0.4, -0.2) is 27.2 Å². The number of halogens is 7. The molecule has 2 aliphatic carbocycles. The highest BCUT2D eigenvalue weighted by Crippen LogP contribution is 3.02. The third-order valence-electron chi connectivity index (χ3n) is 6.76. The van der Waals surface area contributed by atoms with E-state index in [-0.39, 0.29) is 47.3 Å². The van der Waals surface area contributed by atoms with Gasteiger partial charge < -0.3 is 10.6 Å². The van der Waals surface area contributed by atoms with Crippen LogP contribution in [0.3, 0.4) is 0 Å². The van der Waals surface area contributed by atoms with Crippen molar-refractivity contribution in [1.82, 2.24) is 20.1 Å². The molecule has 2 aliphatic rings. The van der Waals surface area contributed by atoms with Gasteiger partial charge in [0, 0.05) is 31.0 Å². The second-order valence-corrected chi connectivity index (χ2v) is 13.0. The molecule has 7 nitrogen and oxygen atoms in total. The molecule has 2 fully saturated rings. The van der Waals surface area contributed by atoms with Gasteiger partial charge in [0.05, 0.1) is 15.5 Å². The lowest BCUT2D eigenvalue weighted by Gasteiger charge is -2.40. The molecule has 1 aromatic carbocycles. The second-order valence-electron chi connectivity index (χ2n) is 9.74. The zero-order chi connectivity index (χ0) is 28.3. The summed E-state index contributed by atoms with van der Waals surface area (Å²) in [7, 11) is -10.1. The van der Waals surface area contributed by atoms with Gasteiger partial charge in [0.1, 0.15) is 22.5 Å². The van der Waals surface area contributed by atoms with Gasteiger partial charge in [-0.25, -0.2) is 4.68 Å². The summed E-state index contributed by atoms with van der Waals surface area (Å²) in [6.45, 7) is 0.633. The smallest absolute Gasteiger partial charge is 0.310 e. The lowest BCUT2D eigenvalue weighted by Crippen LogP contribution is -2.35. The largest absolute Gasteiger partial charge is 0.369 e. The topological polar surface area (TPSA) is 95.6 Å². The minimum Gasteiger partial charge on any atom is -0.369 e. The van der Waals surface area contributed by atoms with Crippen LogP contribution in [-0.2, 0) is 16.8 Å². The van der Waals surface area contributed by atoms with Gasteiger partial charge in [0.25, 0.3) is 0 Å². The van der Waals surface area contributed by atoms with E-state index in [4.69, 9.17) is 23.2 Å². The quantitative estimate of drug-likeness (QED) is 0.250. The Morgan fingerprint density at radius 3 is 2.26 bits per heavy atom. The zero-order valence-corrected chi connectivity index (χ0v) is 22.4. The Bertz CT molecular complexity index is 1490. The third-order valence-corrected chi connectivity index (χ3v) is 8.46. The Morgan fingerprint density at radius 2 is 1.74 bits per heavy atom. The minimum absolute atomic E-state index is 0.0940. The first kappa shape index (κ1) is 27.5. The van der Waals surface area contributed by atoms with Gasteiger partial charge in [0.15, 0.2) is 5.69 Å². The fourth-order valence-corrected chi connectivity index (χ4v) is 5.83. The molecule has 5 rings (SSSR count). The Balaban J connectivity index is 1.60. The van der Waals surface area contributed by atoms with Crippen molar-refractivity contribution in [1.29, 1.82) is 5.26 Å². The van der Waals surface area contributed by atoms with Gasteiger partial charge in [-0.05, 0) is 61.4 Å². The van der Waals surface area contributed by atoms with Crippen LogP contribution in [0.4, 0.5) is 25.2 Å². The predicted molar refractivity (Wildman–Crippen MR) is 138 cm³/mol. The molecule has 0 bridgehead atoms. The number of benzene rings is 1. The SMILES string of the molecule is N#Cc1nn(-c2c(Cl)cc(S(F)(F)(F)(F)F)cc2Cl)c(NCC2CC2)c1C1(C(=O)NCc2ccncc2)CC1. The number of amides is 1. The van der Waals surface area contributed by atoms with E-state index >= 15 is 0 Å². The molecule has 1 amide bonds. The first-order chi connectivity index (χ1) is 18.1. The highest BCUT2D eigenvalue weighted by atomic mass is 35.5. The van der Waals surface area contributed by atoms with E-state index in [1.54, 1.807) is 24.5 Å². The van der Waals surface area contributed by atoms with E-state index in [2.05, 4.69) is 20.7 Å². The Morgan fingerprint density at radius 1 is 1.13 bits per heavy atom. The molecule has 0 radical (unpaired) electrons. The van der Waals surface area contributed by atoms with Crippen LogP contribution < -0.4 is 10.6 Å². The fourth-order valence-electron chi connectivity index (χ4n) is 4.37. The number of anilines is 1. The molecule has 0 unspecified atom stereocenters. The molecule has 0 saturated heterocycles. The van der Waals surface area contributed by atoms with Crippen LogP contribution in [0.25, 0.3) is 5.69 Å². The maximum atomic E-state index is 13.5. The number of carbonyl (C=O) groups is 1. The fraction of sp³-hybridized carbons (Fsp3) is 0.333. The van der Waals surface area contributed by atoms with Crippen molar-refractivity contribution in [2.75, 3.05) is 11.9 Å². The molecule has 3 aromatic rings. The van der Waals surface area contributed by atoms with Gasteiger partial charge in [-0.3, -0.25) is 9.78 Å². The summed E-state index contributed by atoms with van der Waals surface area (Å²) in [5, 5.41) is 18.7. The third kappa shape index (κ3) is 5.50. The monoisotopic (exact) mass is 606 g/mol. The van der Waals surface area contributed by atoms with Crippen molar-refractivity contribution in [2.24, 2.45) is 5.92 Å². The first-order valence-corrected chi connectivity index (χ1v) is 14.5. The summed E-state index contributed by atoms with van der Waals surface area (Å²) in [5.41, 5.74) is -0.557. The van der Waals surface area contributed by atoms with E-state index < -0.39 is 30.6 Å². The van der Waals surface area contributed by atoms with E-state index in [0.29, 0.717) is 25.3 Å². The molecule has 2 aromatic heterocycles. The Hall–Kier alpha value is -3.08. The maximum Gasteiger partial charge on any atom is 0.310 e. The number of nitrogens with zero attached hydrogens (tertiary/aromatic N) is 4. The number of aromatic nitrogens is 3. The van der Waals surface area contributed by atoms with E-state index in [1.165, 1.54) is 0 Å². The lowest BCUT2D eigenvalue weighted by atomic mass is 9.94. The van der Waals surface area contributed by atoms with E-state index in [0.717, 1.165) is 23.1 Å². The standard InChI is InChI=1S/C24H21Cl2F5N6OS/c25-17-9-16(39(27,28,29,30)31)10-18(26)21(17)37-22(34-12-14-1-2-14)20(19(11-32)36-37)24(5-6-24)23(38)35-13-15-3-7-33-8-4-15/h3-4,7-10,14,34H,1-2,5-6,12-13H2,(H,35,38). The number of carbonyl (C=O) groups excluding carboxylic acids is 1. The van der Waals surface area contributed by atoms with E-state index in [9.17, 15) is 29.5 Å². The zero-order valence-electron chi connectivity index (χ0n) is 20.0. The molecular formula is C24H21Cl2F5N6OS. The van der Waals surface area contributed by atoms with Gasteiger partial charge in [-0.2, -0.15) is 10.4 Å². The highest BCUT2D eigenvalue weighted by Gasteiger charge is 2.65. The minimum atomic E-state index is -10.1. The summed E-state index contributed by atoms with van der Waals surface area (Å²) in [6.07, 6.45) is 5.83. The highest BCUT2D eigenvalue weighted by molar-refractivity contribution is 8.45. The Kier molecular flexibility index (Phi) is 6.14. The molecule has 2 heterocycles. The van der Waals surface area contributed by atoms with Crippen molar-refractivity contribution in [3.63, 3.8) is 0 Å². The van der Waals surface area contributed by atoms with Crippen LogP contribution >= 0.6 is 33.4 Å². The first-order valence-electron chi connectivity index (χ1n) is 11.8. The molecule has 0 aliphatic heterocycles. The normalized spacial score (nSPS) is 18.0. The van der Waals surface area contributed by atoms with Crippen LogP contribution in [0.1, 0.15) is 42.5 Å². The van der Waals surface area contributed by atoms with Gasteiger partial charge in [-0.1, -0.05) is 42.6 Å². The summed E-state index contributed by atoms with van der Waals surface area (Å²) >= 11 is 12.2. The molecule has 15 heteroatoms. The number of hydrogen-bond acceptors (Lipinski definition) is 5. The molecule has 2 N–H and O–H groups in total. The van der Waals surface area contributed by atoms with Crippen molar-refractivity contribution < 1.29 is 24.2 Å². The van der Waals surface area contributed by atoms with E-state index in [1.807, 2.05) is 6.07 Å². The molecule has 0 atom stereocenters. The Labute approximate surface area is 230 Å². The van der Waals surface area contributed by atoms with Crippen molar-refractivity contribution in [2.45, 2.75) is 42.5 Å². The lowest BCUT2D eigenvalue weighted by molar-refractivity contribution is -0.123. The summed E-state index contributed by atoms with van der Waals surface area (Å²) in [4.78, 5) is 15.1. The summed E-state index contributed by atoms with van der Waals surface area (Å²) in [6, 6.07) is 5.61. The number of nitriles is 1. The van der Waals surface area contributed by atoms with Gasteiger partial charge in [-0.15, -0.1) is 0 Å². The molecular weight excluding hydrogens is 586 g/mol. The van der Waals surface area contributed by atoms with Crippen LogP contribution in [0.2, 0.25) is 10.0 Å². The molecule has 2 saturated carbocycles. The van der Waals surface area contributed by atoms with Gasteiger partial charge >= 0.3 is 10.2 Å². The van der Waals surface area contributed by atoms with Crippen molar-refractivity contribution >= 4 is 45.2 Å². The predicted octanol–water partition coefficient (Wildman–Crippen LogP) is 7.27. The molecule has 39 heavy (non-hydrogen) atoms. The second kappa shape index (κ2) is 8.71. The van der Waals surface area contributed by atoms with Gasteiger partial charge in [0.2, 0.25) is 5.91 Å². The van der Waals surface area contributed by atoms with Crippen molar-refractivity contribution in [3.8, 4) is 11.8 Å². The number of nitrogens with one attached hydrogen (secondary N) is 2. The molecule has 0 spiro atoms.